The Labute approximate surface area is 123 Å². The van der Waals surface area contributed by atoms with Crippen molar-refractivity contribution in [2.75, 3.05) is 13.7 Å². The van der Waals surface area contributed by atoms with Gasteiger partial charge in [0.15, 0.2) is 0 Å². The zero-order valence-electron chi connectivity index (χ0n) is 12.8. The summed E-state index contributed by atoms with van der Waals surface area (Å²) in [4.78, 5) is 4.28. The maximum absolute atomic E-state index is 5.91. The highest BCUT2D eigenvalue weighted by Crippen LogP contribution is 2.33. The first-order valence-corrected chi connectivity index (χ1v) is 8.03. The summed E-state index contributed by atoms with van der Waals surface area (Å²) in [6.07, 6.45) is 11.9. The third-order valence-corrected chi connectivity index (χ3v) is 4.37. The number of ether oxygens (including phenoxy) is 1. The summed E-state index contributed by atoms with van der Waals surface area (Å²) >= 11 is 0. The summed E-state index contributed by atoms with van der Waals surface area (Å²) in [7, 11) is 1.86. The molecule has 0 saturated heterocycles. The van der Waals surface area contributed by atoms with E-state index in [1.165, 1.54) is 37.7 Å². The third kappa shape index (κ3) is 4.03. The van der Waals surface area contributed by atoms with Gasteiger partial charge in [0, 0.05) is 19.5 Å². The van der Waals surface area contributed by atoms with Gasteiger partial charge in [0.1, 0.15) is 0 Å². The Kier molecular flexibility index (Phi) is 6.48. The number of pyridine rings is 1. The summed E-state index contributed by atoms with van der Waals surface area (Å²) in [5.41, 5.74) is 1.25. The Morgan fingerprint density at radius 2 is 2.15 bits per heavy atom. The second-order valence-electron chi connectivity index (χ2n) is 5.82. The lowest BCUT2D eigenvalue weighted by Gasteiger charge is -2.35. The quantitative estimate of drug-likeness (QED) is 0.824. The van der Waals surface area contributed by atoms with Crippen LogP contribution in [0.5, 0.6) is 0 Å². The van der Waals surface area contributed by atoms with Crippen LogP contribution in [0.4, 0.5) is 0 Å². The summed E-state index contributed by atoms with van der Waals surface area (Å²) in [6.45, 7) is 3.22. The Bertz CT molecular complexity index is 363. The SMILES string of the molecule is CCCNC(c1cccnc1)C(OC)C1CCCCC1. The van der Waals surface area contributed by atoms with Gasteiger partial charge in [-0.2, -0.15) is 0 Å². The molecule has 0 amide bonds. The van der Waals surface area contributed by atoms with Crippen LogP contribution in [0, 0.1) is 5.92 Å². The fourth-order valence-electron chi connectivity index (χ4n) is 3.35. The lowest BCUT2D eigenvalue weighted by atomic mass is 9.81. The summed E-state index contributed by atoms with van der Waals surface area (Å²) < 4.78 is 5.91. The topological polar surface area (TPSA) is 34.2 Å². The summed E-state index contributed by atoms with van der Waals surface area (Å²) in [5.74, 6) is 0.670. The van der Waals surface area contributed by atoms with Gasteiger partial charge in [0.05, 0.1) is 12.1 Å². The van der Waals surface area contributed by atoms with E-state index in [1.54, 1.807) is 0 Å². The van der Waals surface area contributed by atoms with Crippen molar-refractivity contribution in [1.82, 2.24) is 10.3 Å². The minimum absolute atomic E-state index is 0.256. The first kappa shape index (κ1) is 15.5. The van der Waals surface area contributed by atoms with Crippen molar-refractivity contribution < 1.29 is 4.74 Å². The number of methoxy groups -OCH3 is 1. The van der Waals surface area contributed by atoms with Gasteiger partial charge in [-0.05, 0) is 43.4 Å². The van der Waals surface area contributed by atoms with Crippen LogP contribution in [0.25, 0.3) is 0 Å². The van der Waals surface area contributed by atoms with Gasteiger partial charge >= 0.3 is 0 Å². The van der Waals surface area contributed by atoms with Crippen LogP contribution in [-0.4, -0.2) is 24.7 Å². The standard InChI is InChI=1S/C17H28N2O/c1-3-11-19-16(15-10-7-12-18-13-15)17(20-2)14-8-5-4-6-9-14/h7,10,12-14,16-17,19H,3-6,8-9,11H2,1-2H3. The van der Waals surface area contributed by atoms with Gasteiger partial charge in [0.2, 0.25) is 0 Å². The Hall–Kier alpha value is -0.930. The number of hydrogen-bond donors (Lipinski definition) is 1. The number of nitrogens with one attached hydrogen (secondary N) is 1. The lowest BCUT2D eigenvalue weighted by molar-refractivity contribution is 0.00748. The second kappa shape index (κ2) is 8.38. The molecule has 3 nitrogen and oxygen atoms in total. The highest BCUT2D eigenvalue weighted by molar-refractivity contribution is 5.16. The van der Waals surface area contributed by atoms with E-state index < -0.39 is 0 Å². The van der Waals surface area contributed by atoms with Crippen molar-refractivity contribution in [2.24, 2.45) is 5.92 Å². The van der Waals surface area contributed by atoms with Crippen molar-refractivity contribution in [3.63, 3.8) is 0 Å². The molecule has 1 aliphatic carbocycles. The van der Waals surface area contributed by atoms with Crippen LogP contribution in [0.2, 0.25) is 0 Å². The van der Waals surface area contributed by atoms with Crippen LogP contribution >= 0.6 is 0 Å². The molecule has 0 aliphatic heterocycles. The fraction of sp³-hybridized carbons (Fsp3) is 0.706. The molecule has 1 aromatic heterocycles. The zero-order valence-corrected chi connectivity index (χ0v) is 12.8. The van der Waals surface area contributed by atoms with E-state index in [2.05, 4.69) is 23.3 Å². The monoisotopic (exact) mass is 276 g/mol. The van der Waals surface area contributed by atoms with Crippen molar-refractivity contribution in [2.45, 2.75) is 57.6 Å². The fourth-order valence-corrected chi connectivity index (χ4v) is 3.35. The maximum Gasteiger partial charge on any atom is 0.0794 e. The molecule has 1 heterocycles. The largest absolute Gasteiger partial charge is 0.379 e. The molecule has 20 heavy (non-hydrogen) atoms. The average Bonchev–Trinajstić information content (AvgIpc) is 2.53. The first-order valence-electron chi connectivity index (χ1n) is 8.03. The Balaban J connectivity index is 2.14. The van der Waals surface area contributed by atoms with Crippen LogP contribution in [0.15, 0.2) is 24.5 Å². The Morgan fingerprint density at radius 1 is 1.35 bits per heavy atom. The number of rotatable bonds is 7. The van der Waals surface area contributed by atoms with E-state index in [0.717, 1.165) is 13.0 Å². The maximum atomic E-state index is 5.91. The molecule has 1 saturated carbocycles. The van der Waals surface area contributed by atoms with Crippen molar-refractivity contribution in [1.29, 1.82) is 0 Å². The molecule has 3 heteroatoms. The first-order chi connectivity index (χ1) is 9.86. The molecule has 1 aliphatic rings. The van der Waals surface area contributed by atoms with Gasteiger partial charge < -0.3 is 10.1 Å². The summed E-state index contributed by atoms with van der Waals surface area (Å²) in [6, 6.07) is 4.44. The molecular formula is C17H28N2O. The molecule has 1 N–H and O–H groups in total. The predicted molar refractivity (Wildman–Crippen MR) is 82.6 cm³/mol. The van der Waals surface area contributed by atoms with Crippen LogP contribution in [0.3, 0.4) is 0 Å². The molecule has 112 valence electrons. The molecule has 2 atom stereocenters. The molecular weight excluding hydrogens is 248 g/mol. The van der Waals surface area contributed by atoms with Crippen molar-refractivity contribution >= 4 is 0 Å². The minimum Gasteiger partial charge on any atom is -0.379 e. The molecule has 0 bridgehead atoms. The average molecular weight is 276 g/mol. The van der Waals surface area contributed by atoms with Gasteiger partial charge in [-0.25, -0.2) is 0 Å². The van der Waals surface area contributed by atoms with Crippen LogP contribution < -0.4 is 5.32 Å². The van der Waals surface area contributed by atoms with E-state index in [0.29, 0.717) is 5.92 Å². The van der Waals surface area contributed by atoms with E-state index in [9.17, 15) is 0 Å². The van der Waals surface area contributed by atoms with Gasteiger partial charge in [0.25, 0.3) is 0 Å². The van der Waals surface area contributed by atoms with Crippen molar-refractivity contribution in [3.8, 4) is 0 Å². The third-order valence-electron chi connectivity index (χ3n) is 4.37. The molecule has 0 radical (unpaired) electrons. The van der Waals surface area contributed by atoms with Crippen LogP contribution in [0.1, 0.15) is 57.1 Å². The molecule has 1 fully saturated rings. The van der Waals surface area contributed by atoms with Gasteiger partial charge in [-0.15, -0.1) is 0 Å². The lowest BCUT2D eigenvalue weighted by Crippen LogP contribution is -2.39. The van der Waals surface area contributed by atoms with E-state index in [4.69, 9.17) is 4.74 Å². The minimum atomic E-state index is 0.256. The molecule has 0 spiro atoms. The van der Waals surface area contributed by atoms with Crippen LogP contribution in [-0.2, 0) is 4.74 Å². The highest BCUT2D eigenvalue weighted by Gasteiger charge is 2.31. The zero-order chi connectivity index (χ0) is 14.2. The van der Waals surface area contributed by atoms with Gasteiger partial charge in [-0.3, -0.25) is 4.98 Å². The number of aromatic nitrogens is 1. The molecule has 2 unspecified atom stereocenters. The van der Waals surface area contributed by atoms with E-state index in [1.807, 2.05) is 25.6 Å². The van der Waals surface area contributed by atoms with E-state index >= 15 is 0 Å². The Morgan fingerprint density at radius 3 is 2.75 bits per heavy atom. The number of hydrogen-bond acceptors (Lipinski definition) is 3. The predicted octanol–water partition coefficient (Wildman–Crippen LogP) is 3.72. The molecule has 2 rings (SSSR count). The normalized spacial score (nSPS) is 19.7. The smallest absolute Gasteiger partial charge is 0.0794 e. The van der Waals surface area contributed by atoms with Crippen molar-refractivity contribution in [3.05, 3.63) is 30.1 Å². The summed E-state index contributed by atoms with van der Waals surface area (Å²) in [5, 5.41) is 3.67. The number of nitrogens with zero attached hydrogens (tertiary/aromatic N) is 1. The molecule has 1 aromatic rings. The van der Waals surface area contributed by atoms with E-state index in [-0.39, 0.29) is 12.1 Å². The highest BCUT2D eigenvalue weighted by atomic mass is 16.5. The van der Waals surface area contributed by atoms with Gasteiger partial charge in [-0.1, -0.05) is 32.3 Å². The molecule has 0 aromatic carbocycles. The second-order valence-corrected chi connectivity index (χ2v) is 5.82.